The number of thioether (sulfide) groups is 1. The Kier molecular flexibility index (Phi) is 5.20. The van der Waals surface area contributed by atoms with Crippen LogP contribution in [0.3, 0.4) is 0 Å². The number of amides is 1. The van der Waals surface area contributed by atoms with Gasteiger partial charge in [0.15, 0.2) is 0 Å². The summed E-state index contributed by atoms with van der Waals surface area (Å²) >= 11 is 1.64. The third kappa shape index (κ3) is 5.04. The molecule has 2 aliphatic carbocycles. The first-order valence-electron chi connectivity index (χ1n) is 8.04. The van der Waals surface area contributed by atoms with E-state index in [0.717, 1.165) is 25.4 Å². The Morgan fingerprint density at radius 3 is 2.71 bits per heavy atom. The Bertz CT molecular complexity index is 481. The normalized spacial score (nSPS) is 18.9. The topological polar surface area (TPSA) is 41.1 Å². The zero-order valence-electron chi connectivity index (χ0n) is 12.4. The first-order valence-corrected chi connectivity index (χ1v) is 9.02. The van der Waals surface area contributed by atoms with Gasteiger partial charge >= 0.3 is 0 Å². The quantitative estimate of drug-likeness (QED) is 0.761. The molecule has 0 saturated heterocycles. The predicted molar refractivity (Wildman–Crippen MR) is 87.4 cm³/mol. The molecule has 0 heterocycles. The summed E-state index contributed by atoms with van der Waals surface area (Å²) in [6, 6.07) is 9.68. The smallest absolute Gasteiger partial charge is 0.230 e. The molecule has 2 N–H and O–H groups in total. The molecular weight excluding hydrogens is 280 g/mol. The van der Waals surface area contributed by atoms with Crippen LogP contribution in [-0.4, -0.2) is 23.7 Å². The fourth-order valence-electron chi connectivity index (χ4n) is 2.78. The van der Waals surface area contributed by atoms with Crippen LogP contribution in [0.5, 0.6) is 0 Å². The largest absolute Gasteiger partial charge is 0.353 e. The van der Waals surface area contributed by atoms with E-state index >= 15 is 0 Å². The van der Waals surface area contributed by atoms with Crippen molar-refractivity contribution in [2.24, 2.45) is 0 Å². The Morgan fingerprint density at radius 2 is 1.95 bits per heavy atom. The van der Waals surface area contributed by atoms with E-state index in [1.54, 1.807) is 11.8 Å². The summed E-state index contributed by atoms with van der Waals surface area (Å²) in [5.41, 5.74) is 1.31. The Balaban J connectivity index is 1.42. The minimum atomic E-state index is 0.174. The Hall–Kier alpha value is -1.00. The van der Waals surface area contributed by atoms with Crippen molar-refractivity contribution in [1.82, 2.24) is 10.6 Å². The van der Waals surface area contributed by atoms with Crippen LogP contribution in [0.15, 0.2) is 29.2 Å². The first-order chi connectivity index (χ1) is 10.3. The van der Waals surface area contributed by atoms with Gasteiger partial charge in [0.1, 0.15) is 0 Å². The van der Waals surface area contributed by atoms with Gasteiger partial charge in [-0.05, 0) is 43.4 Å². The molecule has 1 aromatic carbocycles. The summed E-state index contributed by atoms with van der Waals surface area (Å²) in [4.78, 5) is 13.1. The van der Waals surface area contributed by atoms with Gasteiger partial charge < -0.3 is 10.6 Å². The van der Waals surface area contributed by atoms with Crippen molar-refractivity contribution in [3.8, 4) is 0 Å². The summed E-state index contributed by atoms with van der Waals surface area (Å²) in [7, 11) is 0. The average Bonchev–Trinajstić information content (AvgIpc) is 3.20. The maximum absolute atomic E-state index is 11.9. The molecule has 1 aromatic rings. The molecule has 0 spiro atoms. The summed E-state index contributed by atoms with van der Waals surface area (Å²) in [5, 5.41) is 6.66. The van der Waals surface area contributed by atoms with E-state index in [0.29, 0.717) is 11.8 Å². The van der Waals surface area contributed by atoms with Crippen LogP contribution in [0, 0.1) is 0 Å². The van der Waals surface area contributed by atoms with Crippen molar-refractivity contribution >= 4 is 17.7 Å². The highest BCUT2D eigenvalue weighted by Crippen LogP contribution is 2.22. The lowest BCUT2D eigenvalue weighted by atomic mass is 10.2. The van der Waals surface area contributed by atoms with Gasteiger partial charge in [0, 0.05) is 23.5 Å². The molecular formula is C17H24N2OS. The number of carbonyl (C=O) groups is 1. The van der Waals surface area contributed by atoms with E-state index in [2.05, 4.69) is 34.9 Å². The standard InChI is InChI=1S/C17H24N2OS/c20-17(19-15-5-1-2-6-15)12-21-16-7-3-4-13(10-16)11-18-14-8-9-14/h3-4,7,10,14-15,18H,1-2,5-6,8-9,11-12H2,(H,19,20). The number of rotatable bonds is 7. The average molecular weight is 304 g/mol. The molecule has 1 amide bonds. The highest BCUT2D eigenvalue weighted by Gasteiger charge is 2.20. The molecule has 2 saturated carbocycles. The van der Waals surface area contributed by atoms with Crippen molar-refractivity contribution in [2.75, 3.05) is 5.75 Å². The number of nitrogens with one attached hydrogen (secondary N) is 2. The molecule has 21 heavy (non-hydrogen) atoms. The van der Waals surface area contributed by atoms with E-state index in [1.807, 2.05) is 0 Å². The minimum Gasteiger partial charge on any atom is -0.353 e. The van der Waals surface area contributed by atoms with Gasteiger partial charge in [0.25, 0.3) is 0 Å². The molecule has 2 fully saturated rings. The lowest BCUT2D eigenvalue weighted by molar-refractivity contribution is -0.119. The summed E-state index contributed by atoms with van der Waals surface area (Å²) < 4.78 is 0. The van der Waals surface area contributed by atoms with Gasteiger partial charge in [-0.1, -0.05) is 25.0 Å². The van der Waals surface area contributed by atoms with Crippen LogP contribution in [0.4, 0.5) is 0 Å². The third-order valence-corrected chi connectivity index (χ3v) is 5.15. The van der Waals surface area contributed by atoms with Gasteiger partial charge in [-0.15, -0.1) is 11.8 Å². The number of carbonyl (C=O) groups excluding carboxylic acids is 1. The summed E-state index contributed by atoms with van der Waals surface area (Å²) in [6.07, 6.45) is 7.45. The van der Waals surface area contributed by atoms with Crippen LogP contribution in [-0.2, 0) is 11.3 Å². The zero-order chi connectivity index (χ0) is 14.5. The van der Waals surface area contributed by atoms with E-state index in [1.165, 1.54) is 36.1 Å². The van der Waals surface area contributed by atoms with Crippen molar-refractivity contribution < 1.29 is 4.79 Å². The molecule has 0 bridgehead atoms. The molecule has 0 unspecified atom stereocenters. The van der Waals surface area contributed by atoms with Gasteiger partial charge in [0.2, 0.25) is 5.91 Å². The van der Waals surface area contributed by atoms with Crippen LogP contribution in [0.2, 0.25) is 0 Å². The van der Waals surface area contributed by atoms with E-state index in [9.17, 15) is 4.79 Å². The lowest BCUT2D eigenvalue weighted by Crippen LogP contribution is -2.33. The second kappa shape index (κ2) is 7.32. The maximum Gasteiger partial charge on any atom is 0.230 e. The fraction of sp³-hybridized carbons (Fsp3) is 0.588. The number of hydrogen-bond acceptors (Lipinski definition) is 3. The van der Waals surface area contributed by atoms with Crippen LogP contribution in [0.25, 0.3) is 0 Å². The van der Waals surface area contributed by atoms with Crippen LogP contribution >= 0.6 is 11.8 Å². The summed E-state index contributed by atoms with van der Waals surface area (Å²) in [5.74, 6) is 0.698. The number of hydrogen-bond donors (Lipinski definition) is 2. The van der Waals surface area contributed by atoms with E-state index in [-0.39, 0.29) is 5.91 Å². The second-order valence-corrected chi connectivity index (χ2v) is 7.19. The second-order valence-electron chi connectivity index (χ2n) is 6.14. The van der Waals surface area contributed by atoms with Crippen molar-refractivity contribution in [2.45, 2.75) is 62.0 Å². The lowest BCUT2D eigenvalue weighted by Gasteiger charge is -2.11. The molecule has 0 atom stereocenters. The van der Waals surface area contributed by atoms with Gasteiger partial charge in [-0.25, -0.2) is 0 Å². The summed E-state index contributed by atoms with van der Waals surface area (Å²) in [6.45, 7) is 0.938. The van der Waals surface area contributed by atoms with Crippen LogP contribution < -0.4 is 10.6 Å². The Morgan fingerprint density at radius 1 is 1.14 bits per heavy atom. The maximum atomic E-state index is 11.9. The molecule has 0 aromatic heterocycles. The highest BCUT2D eigenvalue weighted by atomic mass is 32.2. The molecule has 0 aliphatic heterocycles. The van der Waals surface area contributed by atoms with Gasteiger partial charge in [0.05, 0.1) is 5.75 Å². The van der Waals surface area contributed by atoms with Crippen molar-refractivity contribution in [1.29, 1.82) is 0 Å². The molecule has 2 aliphatic rings. The molecule has 4 heteroatoms. The molecule has 3 nitrogen and oxygen atoms in total. The van der Waals surface area contributed by atoms with Gasteiger partial charge in [-0.2, -0.15) is 0 Å². The number of benzene rings is 1. The third-order valence-electron chi connectivity index (χ3n) is 4.16. The molecule has 114 valence electrons. The highest BCUT2D eigenvalue weighted by molar-refractivity contribution is 8.00. The predicted octanol–water partition coefficient (Wildman–Crippen LogP) is 3.09. The van der Waals surface area contributed by atoms with Crippen molar-refractivity contribution in [3.63, 3.8) is 0 Å². The van der Waals surface area contributed by atoms with Crippen molar-refractivity contribution in [3.05, 3.63) is 29.8 Å². The SMILES string of the molecule is O=C(CSc1cccc(CNC2CC2)c1)NC1CCCC1. The molecule has 3 rings (SSSR count). The minimum absolute atomic E-state index is 0.174. The Labute approximate surface area is 131 Å². The zero-order valence-corrected chi connectivity index (χ0v) is 13.3. The fourth-order valence-corrected chi connectivity index (χ4v) is 3.57. The first kappa shape index (κ1) is 14.9. The van der Waals surface area contributed by atoms with E-state index in [4.69, 9.17) is 0 Å². The van der Waals surface area contributed by atoms with Gasteiger partial charge in [-0.3, -0.25) is 4.79 Å². The van der Waals surface area contributed by atoms with Crippen LogP contribution in [0.1, 0.15) is 44.1 Å². The monoisotopic (exact) mass is 304 g/mol. The van der Waals surface area contributed by atoms with E-state index < -0.39 is 0 Å². The molecule has 0 radical (unpaired) electrons.